The van der Waals surface area contributed by atoms with E-state index in [1.165, 1.54) is 33.4 Å². The maximum atomic E-state index is 9.27. The Labute approximate surface area is 235 Å². The van der Waals surface area contributed by atoms with Gasteiger partial charge >= 0.3 is 0 Å². The van der Waals surface area contributed by atoms with Crippen molar-refractivity contribution in [3.05, 3.63) is 144 Å². The zero-order chi connectivity index (χ0) is 28.2. The van der Waals surface area contributed by atoms with Gasteiger partial charge < -0.3 is 14.6 Å². The fourth-order valence-electron chi connectivity index (χ4n) is 5.15. The summed E-state index contributed by atoms with van der Waals surface area (Å²) in [4.78, 5) is 0. The van der Waals surface area contributed by atoms with Crippen LogP contribution < -0.4 is 0 Å². The summed E-state index contributed by atoms with van der Waals surface area (Å²) in [5.74, 6) is 0. The van der Waals surface area contributed by atoms with Gasteiger partial charge in [-0.1, -0.05) is 91.0 Å². The summed E-state index contributed by atoms with van der Waals surface area (Å²) in [6.45, 7) is 17.3. The minimum atomic E-state index is -0.272. The highest BCUT2D eigenvalue weighted by Gasteiger charge is 2.22. The average Bonchev–Trinajstić information content (AvgIpc) is 2.93. The Morgan fingerprint density at radius 2 is 1.18 bits per heavy atom. The molecule has 0 saturated carbocycles. The standard InChI is InChI=1S/2C12H14O.C12H16O/c2*1-3-12-11-7-5-4-6-10(11)8-9(2)13-12;1-3-6-11-7-4-5-8-12(11)9-10(2)13/h2*3-7,9,12H,1,8H2,2H3;3-5,7-8,10,13H,1,6,9H2,2H3/t9-,12+;9-,12-;10-/m111/s1. The van der Waals surface area contributed by atoms with E-state index in [4.69, 9.17) is 9.47 Å². The molecule has 39 heavy (non-hydrogen) atoms. The molecule has 3 nitrogen and oxygen atoms in total. The minimum Gasteiger partial charge on any atom is -0.393 e. The van der Waals surface area contributed by atoms with Gasteiger partial charge in [-0.3, -0.25) is 0 Å². The van der Waals surface area contributed by atoms with Crippen LogP contribution in [0.1, 0.15) is 66.4 Å². The van der Waals surface area contributed by atoms with Gasteiger partial charge in [0, 0.05) is 0 Å². The molecule has 0 unspecified atom stereocenters. The third kappa shape index (κ3) is 8.90. The number of aliphatic hydroxyl groups is 1. The molecule has 0 radical (unpaired) electrons. The number of benzene rings is 3. The molecule has 206 valence electrons. The summed E-state index contributed by atoms with van der Waals surface area (Å²) in [5, 5.41) is 9.27. The van der Waals surface area contributed by atoms with Crippen LogP contribution in [0, 0.1) is 0 Å². The van der Waals surface area contributed by atoms with Crippen molar-refractivity contribution in [1.82, 2.24) is 0 Å². The predicted molar refractivity (Wildman–Crippen MR) is 163 cm³/mol. The van der Waals surface area contributed by atoms with E-state index < -0.39 is 0 Å². The Morgan fingerprint density at radius 3 is 1.62 bits per heavy atom. The van der Waals surface area contributed by atoms with Crippen molar-refractivity contribution in [1.29, 1.82) is 0 Å². The van der Waals surface area contributed by atoms with Gasteiger partial charge in [0.05, 0.1) is 18.3 Å². The van der Waals surface area contributed by atoms with Crippen LogP contribution >= 0.6 is 0 Å². The van der Waals surface area contributed by atoms with Crippen molar-refractivity contribution in [3.63, 3.8) is 0 Å². The number of aliphatic hydroxyl groups excluding tert-OH is 1. The van der Waals surface area contributed by atoms with E-state index in [-0.39, 0.29) is 18.3 Å². The van der Waals surface area contributed by atoms with Crippen LogP contribution in [-0.2, 0) is 35.2 Å². The molecule has 0 aliphatic carbocycles. The van der Waals surface area contributed by atoms with Crippen molar-refractivity contribution in [2.24, 2.45) is 0 Å². The van der Waals surface area contributed by atoms with Crippen LogP contribution in [0.15, 0.2) is 111 Å². The zero-order valence-electron chi connectivity index (χ0n) is 23.8. The summed E-state index contributed by atoms with van der Waals surface area (Å²) in [6.07, 6.45) is 9.76. The number of allylic oxidation sites excluding steroid dienone is 1. The first-order valence-electron chi connectivity index (χ1n) is 13.9. The van der Waals surface area contributed by atoms with Crippen LogP contribution in [-0.4, -0.2) is 23.4 Å². The molecule has 3 heteroatoms. The molecule has 0 aromatic heterocycles. The van der Waals surface area contributed by atoms with Gasteiger partial charge in [-0.05, 0) is 79.8 Å². The second-order valence-corrected chi connectivity index (χ2v) is 10.3. The number of fused-ring (bicyclic) bond motifs is 2. The highest BCUT2D eigenvalue weighted by Crippen LogP contribution is 2.31. The number of hydrogen-bond donors (Lipinski definition) is 1. The fraction of sp³-hybridized carbons (Fsp3) is 0.333. The summed E-state index contributed by atoms with van der Waals surface area (Å²) in [6, 6.07) is 25.0. The first-order chi connectivity index (χ1) is 18.9. The Balaban J connectivity index is 0.000000162. The molecule has 3 aromatic rings. The Bertz CT molecular complexity index is 1150. The Kier molecular flexibility index (Phi) is 11.9. The van der Waals surface area contributed by atoms with Gasteiger partial charge in [-0.25, -0.2) is 0 Å². The summed E-state index contributed by atoms with van der Waals surface area (Å²) >= 11 is 0. The van der Waals surface area contributed by atoms with E-state index in [2.05, 4.69) is 94.2 Å². The molecule has 0 saturated heterocycles. The van der Waals surface area contributed by atoms with Crippen LogP contribution in [0.4, 0.5) is 0 Å². The molecule has 2 aliphatic heterocycles. The second kappa shape index (κ2) is 15.4. The summed E-state index contributed by atoms with van der Waals surface area (Å²) in [7, 11) is 0. The molecule has 0 fully saturated rings. The lowest BCUT2D eigenvalue weighted by atomic mass is 9.95. The maximum absolute atomic E-state index is 9.27. The van der Waals surface area contributed by atoms with Crippen molar-refractivity contribution in [2.75, 3.05) is 0 Å². The van der Waals surface area contributed by atoms with Crippen molar-refractivity contribution in [2.45, 2.75) is 77.0 Å². The number of rotatable bonds is 6. The molecular formula is C36H44O3. The zero-order valence-corrected chi connectivity index (χ0v) is 23.8. The van der Waals surface area contributed by atoms with E-state index in [0.29, 0.717) is 12.2 Å². The SMILES string of the molecule is C=CCc1ccccc1C[C@@H](C)O.C=C[C@@H]1O[C@H](C)Cc2ccccc21.C=C[C@H]1O[C@H](C)Cc2ccccc21. The lowest BCUT2D eigenvalue weighted by Crippen LogP contribution is -2.22. The van der Waals surface area contributed by atoms with Crippen LogP contribution in [0.25, 0.3) is 0 Å². The third-order valence-electron chi connectivity index (χ3n) is 6.92. The third-order valence-corrected chi connectivity index (χ3v) is 6.92. The highest BCUT2D eigenvalue weighted by molar-refractivity contribution is 5.34. The quantitative estimate of drug-likeness (QED) is 0.331. The molecular weight excluding hydrogens is 480 g/mol. The molecule has 2 aliphatic rings. The molecule has 5 rings (SSSR count). The summed E-state index contributed by atoms with van der Waals surface area (Å²) < 4.78 is 11.5. The van der Waals surface area contributed by atoms with Gasteiger partial charge in [0.15, 0.2) is 0 Å². The van der Waals surface area contributed by atoms with Crippen molar-refractivity contribution < 1.29 is 14.6 Å². The highest BCUT2D eigenvalue weighted by atomic mass is 16.5. The van der Waals surface area contributed by atoms with E-state index >= 15 is 0 Å². The minimum absolute atomic E-state index is 0.0833. The van der Waals surface area contributed by atoms with Gasteiger partial charge in [0.1, 0.15) is 12.2 Å². The molecule has 1 N–H and O–H groups in total. The van der Waals surface area contributed by atoms with Crippen LogP contribution in [0.2, 0.25) is 0 Å². The molecule has 0 spiro atoms. The van der Waals surface area contributed by atoms with Crippen molar-refractivity contribution >= 4 is 0 Å². The molecule has 2 heterocycles. The topological polar surface area (TPSA) is 38.7 Å². The fourth-order valence-corrected chi connectivity index (χ4v) is 5.15. The molecule has 5 atom stereocenters. The largest absolute Gasteiger partial charge is 0.393 e. The smallest absolute Gasteiger partial charge is 0.101 e. The van der Waals surface area contributed by atoms with E-state index in [0.717, 1.165) is 25.7 Å². The Morgan fingerprint density at radius 1 is 0.744 bits per heavy atom. The Hall–Kier alpha value is -3.24. The number of hydrogen-bond acceptors (Lipinski definition) is 3. The van der Waals surface area contributed by atoms with Crippen LogP contribution in [0.3, 0.4) is 0 Å². The maximum Gasteiger partial charge on any atom is 0.101 e. The van der Waals surface area contributed by atoms with Gasteiger partial charge in [-0.15, -0.1) is 19.7 Å². The first kappa shape index (κ1) is 30.3. The van der Waals surface area contributed by atoms with E-state index in [1.807, 2.05) is 37.3 Å². The lowest BCUT2D eigenvalue weighted by molar-refractivity contribution is 0.0115. The normalized spacial score (nSPS) is 21.8. The van der Waals surface area contributed by atoms with Gasteiger partial charge in [-0.2, -0.15) is 0 Å². The predicted octanol–water partition coefficient (Wildman–Crippen LogP) is 8.09. The van der Waals surface area contributed by atoms with E-state index in [9.17, 15) is 5.11 Å². The van der Waals surface area contributed by atoms with Gasteiger partial charge in [0.2, 0.25) is 0 Å². The molecule has 3 aromatic carbocycles. The van der Waals surface area contributed by atoms with Crippen LogP contribution in [0.5, 0.6) is 0 Å². The average molecular weight is 525 g/mol. The molecule has 0 bridgehead atoms. The second-order valence-electron chi connectivity index (χ2n) is 10.3. The van der Waals surface area contributed by atoms with E-state index in [1.54, 1.807) is 0 Å². The number of ether oxygens (including phenoxy) is 2. The monoisotopic (exact) mass is 524 g/mol. The lowest BCUT2D eigenvalue weighted by Gasteiger charge is -2.28. The van der Waals surface area contributed by atoms with Gasteiger partial charge in [0.25, 0.3) is 0 Å². The summed E-state index contributed by atoms with van der Waals surface area (Å²) in [5.41, 5.74) is 7.82. The first-order valence-corrected chi connectivity index (χ1v) is 13.9. The van der Waals surface area contributed by atoms with Crippen molar-refractivity contribution in [3.8, 4) is 0 Å². The molecule has 0 amide bonds.